The van der Waals surface area contributed by atoms with Gasteiger partial charge < -0.3 is 15.5 Å². The molecule has 0 aliphatic heterocycles. The molecule has 0 saturated heterocycles. The minimum Gasteiger partial charge on any atom is -0.352 e. The van der Waals surface area contributed by atoms with Crippen molar-refractivity contribution >= 4 is 5.91 Å². The Kier molecular flexibility index (Phi) is 5.60. The monoisotopic (exact) mass is 255 g/mol. The molecule has 0 aromatic heterocycles. The highest BCUT2D eigenvalue weighted by Crippen LogP contribution is 2.17. The molecular formula is C14H29N3O. The van der Waals surface area contributed by atoms with Crippen LogP contribution in [0.25, 0.3) is 0 Å². The van der Waals surface area contributed by atoms with Crippen LogP contribution in [0.1, 0.15) is 46.5 Å². The Bertz CT molecular complexity index is 270. The molecule has 2 N–H and O–H groups in total. The van der Waals surface area contributed by atoms with Crippen molar-refractivity contribution in [2.45, 2.75) is 64.1 Å². The van der Waals surface area contributed by atoms with E-state index >= 15 is 0 Å². The topological polar surface area (TPSA) is 44.4 Å². The lowest BCUT2D eigenvalue weighted by molar-refractivity contribution is -0.123. The van der Waals surface area contributed by atoms with Crippen molar-refractivity contribution < 1.29 is 4.79 Å². The average Bonchev–Trinajstić information content (AvgIpc) is 2.78. The summed E-state index contributed by atoms with van der Waals surface area (Å²) in [5, 5.41) is 6.45. The second-order valence-corrected chi connectivity index (χ2v) is 6.30. The standard InChI is InChI=1S/C14H29N3O/c1-11(15-10-14(2,3)17(4)5)13(18)16-12-8-6-7-9-12/h11-12,15H,6-10H2,1-5H3,(H,16,18). The van der Waals surface area contributed by atoms with Crippen LogP contribution >= 0.6 is 0 Å². The Morgan fingerprint density at radius 2 is 1.89 bits per heavy atom. The highest BCUT2D eigenvalue weighted by molar-refractivity contribution is 5.81. The quantitative estimate of drug-likeness (QED) is 0.753. The summed E-state index contributed by atoms with van der Waals surface area (Å²) in [6.07, 6.45) is 4.78. The summed E-state index contributed by atoms with van der Waals surface area (Å²) in [5.41, 5.74) is 0.0574. The average molecular weight is 255 g/mol. The van der Waals surface area contributed by atoms with Gasteiger partial charge in [-0.1, -0.05) is 12.8 Å². The van der Waals surface area contributed by atoms with Gasteiger partial charge in [0.2, 0.25) is 5.91 Å². The molecule has 106 valence electrons. The summed E-state index contributed by atoms with van der Waals surface area (Å²) in [6, 6.07) is 0.286. The first-order valence-electron chi connectivity index (χ1n) is 7.04. The van der Waals surface area contributed by atoms with E-state index in [0.717, 1.165) is 19.4 Å². The van der Waals surface area contributed by atoms with Gasteiger partial charge in [0.1, 0.15) is 0 Å². The van der Waals surface area contributed by atoms with Crippen molar-refractivity contribution in [2.24, 2.45) is 0 Å². The van der Waals surface area contributed by atoms with Crippen molar-refractivity contribution in [1.29, 1.82) is 0 Å². The minimum atomic E-state index is -0.121. The summed E-state index contributed by atoms with van der Waals surface area (Å²) < 4.78 is 0. The largest absolute Gasteiger partial charge is 0.352 e. The van der Waals surface area contributed by atoms with Crippen molar-refractivity contribution in [3.8, 4) is 0 Å². The van der Waals surface area contributed by atoms with Crippen molar-refractivity contribution in [3.63, 3.8) is 0 Å². The van der Waals surface area contributed by atoms with Crippen LogP contribution < -0.4 is 10.6 Å². The molecule has 0 aromatic rings. The number of nitrogens with one attached hydrogen (secondary N) is 2. The van der Waals surface area contributed by atoms with Gasteiger partial charge in [0.15, 0.2) is 0 Å². The third-order valence-corrected chi connectivity index (χ3v) is 4.15. The molecule has 18 heavy (non-hydrogen) atoms. The smallest absolute Gasteiger partial charge is 0.237 e. The Morgan fingerprint density at radius 1 is 1.33 bits per heavy atom. The molecule has 1 fully saturated rings. The molecule has 1 saturated carbocycles. The lowest BCUT2D eigenvalue weighted by Gasteiger charge is -2.33. The van der Waals surface area contributed by atoms with Crippen molar-refractivity contribution in [1.82, 2.24) is 15.5 Å². The van der Waals surface area contributed by atoms with Crippen LogP contribution in [0, 0.1) is 0 Å². The fraction of sp³-hybridized carbons (Fsp3) is 0.929. The maximum absolute atomic E-state index is 12.0. The van der Waals surface area contributed by atoms with E-state index in [2.05, 4.69) is 43.5 Å². The third-order valence-electron chi connectivity index (χ3n) is 4.15. The summed E-state index contributed by atoms with van der Waals surface area (Å²) in [4.78, 5) is 14.2. The Hall–Kier alpha value is -0.610. The molecular weight excluding hydrogens is 226 g/mol. The molecule has 1 amide bonds. The molecule has 0 spiro atoms. The Morgan fingerprint density at radius 3 is 2.39 bits per heavy atom. The number of nitrogens with zero attached hydrogens (tertiary/aromatic N) is 1. The van der Waals surface area contributed by atoms with Gasteiger partial charge in [-0.2, -0.15) is 0 Å². The summed E-state index contributed by atoms with van der Waals surface area (Å²) in [7, 11) is 4.12. The van der Waals surface area contributed by atoms with Gasteiger partial charge in [0.25, 0.3) is 0 Å². The van der Waals surface area contributed by atoms with Crippen LogP contribution in [-0.4, -0.2) is 49.1 Å². The lowest BCUT2D eigenvalue weighted by Crippen LogP contribution is -2.52. The van der Waals surface area contributed by atoms with Gasteiger partial charge in [0.05, 0.1) is 6.04 Å². The van der Waals surface area contributed by atoms with E-state index in [-0.39, 0.29) is 17.5 Å². The normalized spacial score (nSPS) is 19.2. The zero-order valence-corrected chi connectivity index (χ0v) is 12.5. The molecule has 4 nitrogen and oxygen atoms in total. The highest BCUT2D eigenvalue weighted by Gasteiger charge is 2.24. The molecule has 0 radical (unpaired) electrons. The van der Waals surface area contributed by atoms with Crippen LogP contribution in [0.15, 0.2) is 0 Å². The van der Waals surface area contributed by atoms with E-state index in [9.17, 15) is 4.79 Å². The molecule has 1 unspecified atom stereocenters. The van der Waals surface area contributed by atoms with E-state index in [4.69, 9.17) is 0 Å². The van der Waals surface area contributed by atoms with Crippen LogP contribution in [0.2, 0.25) is 0 Å². The molecule has 1 aliphatic rings. The van der Waals surface area contributed by atoms with Gasteiger partial charge in [0, 0.05) is 18.1 Å². The molecule has 0 heterocycles. The maximum Gasteiger partial charge on any atom is 0.237 e. The van der Waals surface area contributed by atoms with E-state index < -0.39 is 0 Å². The van der Waals surface area contributed by atoms with Gasteiger partial charge in [-0.3, -0.25) is 4.79 Å². The number of rotatable bonds is 6. The molecule has 1 atom stereocenters. The predicted molar refractivity (Wildman–Crippen MR) is 75.6 cm³/mol. The van der Waals surface area contributed by atoms with Crippen LogP contribution in [0.4, 0.5) is 0 Å². The molecule has 0 aromatic carbocycles. The van der Waals surface area contributed by atoms with E-state index in [1.165, 1.54) is 12.8 Å². The van der Waals surface area contributed by atoms with E-state index in [1.807, 2.05) is 6.92 Å². The zero-order valence-electron chi connectivity index (χ0n) is 12.5. The number of carbonyl (C=O) groups is 1. The van der Waals surface area contributed by atoms with Crippen molar-refractivity contribution in [3.05, 3.63) is 0 Å². The number of hydrogen-bond donors (Lipinski definition) is 2. The number of amides is 1. The van der Waals surface area contributed by atoms with Gasteiger partial charge in [-0.15, -0.1) is 0 Å². The first-order valence-corrected chi connectivity index (χ1v) is 7.04. The SMILES string of the molecule is CC(NCC(C)(C)N(C)C)C(=O)NC1CCCC1. The van der Waals surface area contributed by atoms with Crippen LogP contribution in [0.5, 0.6) is 0 Å². The number of carbonyl (C=O) groups excluding carboxylic acids is 1. The van der Waals surface area contributed by atoms with Gasteiger partial charge in [-0.05, 0) is 47.7 Å². The van der Waals surface area contributed by atoms with Gasteiger partial charge in [-0.25, -0.2) is 0 Å². The second kappa shape index (κ2) is 6.53. The van der Waals surface area contributed by atoms with Crippen LogP contribution in [-0.2, 0) is 4.79 Å². The number of hydrogen-bond acceptors (Lipinski definition) is 3. The summed E-state index contributed by atoms with van der Waals surface area (Å²) in [5.74, 6) is 0.136. The Labute approximate surface area is 111 Å². The highest BCUT2D eigenvalue weighted by atomic mass is 16.2. The second-order valence-electron chi connectivity index (χ2n) is 6.30. The lowest BCUT2D eigenvalue weighted by atomic mass is 10.0. The fourth-order valence-electron chi connectivity index (χ4n) is 2.05. The Balaban J connectivity index is 2.31. The fourth-order valence-corrected chi connectivity index (χ4v) is 2.05. The molecule has 1 rings (SSSR count). The minimum absolute atomic E-state index is 0.0574. The molecule has 0 bridgehead atoms. The first-order chi connectivity index (χ1) is 8.33. The maximum atomic E-state index is 12.0. The molecule has 4 heteroatoms. The van der Waals surface area contributed by atoms with E-state index in [1.54, 1.807) is 0 Å². The van der Waals surface area contributed by atoms with Gasteiger partial charge >= 0.3 is 0 Å². The van der Waals surface area contributed by atoms with Crippen molar-refractivity contribution in [2.75, 3.05) is 20.6 Å². The first kappa shape index (κ1) is 15.4. The zero-order chi connectivity index (χ0) is 13.8. The number of likely N-dealkylation sites (N-methyl/N-ethyl adjacent to an activating group) is 1. The molecule has 1 aliphatic carbocycles. The third kappa shape index (κ3) is 4.58. The predicted octanol–water partition coefficient (Wildman–Crippen LogP) is 1.36. The van der Waals surface area contributed by atoms with Crippen LogP contribution in [0.3, 0.4) is 0 Å². The summed E-state index contributed by atoms with van der Waals surface area (Å²) >= 11 is 0. The van der Waals surface area contributed by atoms with E-state index in [0.29, 0.717) is 6.04 Å². The summed E-state index contributed by atoms with van der Waals surface area (Å²) in [6.45, 7) is 7.08.